The first kappa shape index (κ1) is 24.0. The van der Waals surface area contributed by atoms with Crippen LogP contribution in [0.4, 0.5) is 5.69 Å². The first-order chi connectivity index (χ1) is 20.2. The van der Waals surface area contributed by atoms with Crippen LogP contribution >= 0.6 is 0 Å². The highest BCUT2D eigenvalue weighted by Crippen LogP contribution is 2.38. The summed E-state index contributed by atoms with van der Waals surface area (Å²) in [6.07, 6.45) is 0. The molecule has 0 saturated carbocycles. The Morgan fingerprint density at radius 1 is 0.610 bits per heavy atom. The van der Waals surface area contributed by atoms with Crippen LogP contribution in [-0.2, 0) is 0 Å². The second kappa shape index (κ2) is 9.89. The van der Waals surface area contributed by atoms with E-state index < -0.39 is 0 Å². The minimum Gasteiger partial charge on any atom is -0.309 e. The predicted octanol–water partition coefficient (Wildman–Crippen LogP) is 8.39. The lowest BCUT2D eigenvalue weighted by Crippen LogP contribution is -2.04. The predicted molar refractivity (Wildman–Crippen MR) is 161 cm³/mol. The zero-order valence-electron chi connectivity index (χ0n) is 21.7. The first-order valence-electron chi connectivity index (χ1n) is 13.1. The topological polar surface area (TPSA) is 71.8 Å². The number of nitrogens with zero attached hydrogens (tertiary/aromatic N) is 6. The smallest absolute Gasteiger partial charge is 0.188 e. The van der Waals surface area contributed by atoms with E-state index >= 15 is 0 Å². The molecule has 41 heavy (non-hydrogen) atoms. The molecule has 0 spiro atoms. The molecular weight excluding hydrogens is 504 g/mol. The molecule has 6 heteroatoms. The summed E-state index contributed by atoms with van der Waals surface area (Å²) in [7, 11) is 0. The maximum absolute atomic E-state index is 9.87. The summed E-state index contributed by atoms with van der Waals surface area (Å²) < 4.78 is 2.13. The Hall–Kier alpha value is -6.11. The van der Waals surface area contributed by atoms with E-state index in [4.69, 9.17) is 21.5 Å². The van der Waals surface area contributed by atoms with Crippen molar-refractivity contribution < 1.29 is 0 Å². The number of aromatic nitrogens is 4. The van der Waals surface area contributed by atoms with E-state index in [1.165, 1.54) is 0 Å². The lowest BCUT2D eigenvalue weighted by molar-refractivity contribution is 1.06. The van der Waals surface area contributed by atoms with Gasteiger partial charge in [0.1, 0.15) is 0 Å². The van der Waals surface area contributed by atoms with Crippen LogP contribution in [0.3, 0.4) is 0 Å². The molecule has 0 fully saturated rings. The monoisotopic (exact) mass is 524 g/mol. The van der Waals surface area contributed by atoms with Crippen molar-refractivity contribution in [1.29, 1.82) is 5.26 Å². The number of hydrogen-bond donors (Lipinski definition) is 0. The Morgan fingerprint density at radius 3 is 1.88 bits per heavy atom. The highest BCUT2D eigenvalue weighted by molar-refractivity contribution is 6.10. The maximum Gasteiger partial charge on any atom is 0.188 e. The van der Waals surface area contributed by atoms with Crippen molar-refractivity contribution in [2.45, 2.75) is 0 Å². The lowest BCUT2D eigenvalue weighted by atomic mass is 10.1. The van der Waals surface area contributed by atoms with Gasteiger partial charge < -0.3 is 4.57 Å². The molecule has 0 radical (unpaired) electrons. The van der Waals surface area contributed by atoms with Crippen LogP contribution in [0, 0.1) is 17.9 Å². The number of rotatable bonds is 4. The van der Waals surface area contributed by atoms with E-state index in [1.807, 2.05) is 109 Å². The van der Waals surface area contributed by atoms with Crippen molar-refractivity contribution in [3.8, 4) is 45.9 Å². The largest absolute Gasteiger partial charge is 0.309 e. The summed E-state index contributed by atoms with van der Waals surface area (Å²) >= 11 is 0. The molecule has 190 valence electrons. The lowest BCUT2D eigenvalue weighted by Gasteiger charge is -2.15. The molecule has 0 atom stereocenters. The number of para-hydroxylation sites is 1. The third-order valence-corrected chi connectivity index (χ3v) is 7.09. The van der Waals surface area contributed by atoms with E-state index in [0.717, 1.165) is 44.2 Å². The van der Waals surface area contributed by atoms with Gasteiger partial charge in [0.2, 0.25) is 0 Å². The van der Waals surface area contributed by atoms with Gasteiger partial charge in [0.15, 0.2) is 23.2 Å². The van der Waals surface area contributed by atoms with E-state index in [1.54, 1.807) is 6.07 Å². The molecule has 0 amide bonds. The van der Waals surface area contributed by atoms with E-state index in [9.17, 15) is 5.26 Å². The highest BCUT2D eigenvalue weighted by atomic mass is 15.1. The Kier molecular flexibility index (Phi) is 5.78. The van der Waals surface area contributed by atoms with Gasteiger partial charge in [-0.05, 0) is 41.8 Å². The molecule has 7 aromatic rings. The molecule has 0 saturated heterocycles. The molecular formula is C35H20N6. The molecule has 0 N–H and O–H groups in total. The van der Waals surface area contributed by atoms with Gasteiger partial charge in [-0.15, -0.1) is 0 Å². The van der Waals surface area contributed by atoms with Gasteiger partial charge >= 0.3 is 0 Å². The molecule has 0 aliphatic rings. The normalized spacial score (nSPS) is 10.9. The van der Waals surface area contributed by atoms with Crippen LogP contribution in [0.2, 0.25) is 0 Å². The number of fused-ring (bicyclic) bond motifs is 3. The molecule has 0 unspecified atom stereocenters. The summed E-state index contributed by atoms with van der Waals surface area (Å²) in [5, 5.41) is 11.9. The standard InChI is InChI=1S/C35H20N6/c1-37-26-17-19-31-29(21-26)27-14-8-9-15-30(27)41(31)32-20-23(22-36)16-18-28(32)35-39-33(24-10-4-2-5-11-24)38-34(40-35)25-12-6-3-7-13-25/h2-21H. The van der Waals surface area contributed by atoms with Gasteiger partial charge in [-0.1, -0.05) is 84.9 Å². The van der Waals surface area contributed by atoms with Crippen LogP contribution in [0.15, 0.2) is 121 Å². The molecule has 0 bridgehead atoms. The second-order valence-corrected chi connectivity index (χ2v) is 9.55. The Labute approximate surface area is 236 Å². The quantitative estimate of drug-likeness (QED) is 0.217. The molecule has 7 rings (SSSR count). The summed E-state index contributed by atoms with van der Waals surface area (Å²) in [6, 6.07) is 41.3. The van der Waals surface area contributed by atoms with Gasteiger partial charge in [-0.2, -0.15) is 5.26 Å². The Morgan fingerprint density at radius 2 is 1.22 bits per heavy atom. The fourth-order valence-corrected chi connectivity index (χ4v) is 5.19. The summed E-state index contributed by atoms with van der Waals surface area (Å²) in [4.78, 5) is 18.4. The van der Waals surface area contributed by atoms with E-state index in [-0.39, 0.29) is 0 Å². The van der Waals surface area contributed by atoms with Crippen LogP contribution < -0.4 is 0 Å². The van der Waals surface area contributed by atoms with E-state index in [2.05, 4.69) is 21.5 Å². The summed E-state index contributed by atoms with van der Waals surface area (Å²) in [5.74, 6) is 1.63. The fraction of sp³-hybridized carbons (Fsp3) is 0. The molecule has 6 nitrogen and oxygen atoms in total. The molecule has 2 heterocycles. The first-order valence-corrected chi connectivity index (χ1v) is 13.1. The third-order valence-electron chi connectivity index (χ3n) is 7.09. The Balaban J connectivity index is 1.55. The zero-order valence-corrected chi connectivity index (χ0v) is 21.7. The van der Waals surface area contributed by atoms with Crippen molar-refractivity contribution in [2.24, 2.45) is 0 Å². The number of nitriles is 1. The van der Waals surface area contributed by atoms with Crippen molar-refractivity contribution in [3.05, 3.63) is 138 Å². The molecule has 0 aliphatic heterocycles. The van der Waals surface area contributed by atoms with Crippen molar-refractivity contribution >= 4 is 27.5 Å². The molecule has 0 aliphatic carbocycles. The second-order valence-electron chi connectivity index (χ2n) is 9.55. The fourth-order valence-electron chi connectivity index (χ4n) is 5.19. The van der Waals surface area contributed by atoms with Crippen LogP contribution in [-0.4, -0.2) is 19.5 Å². The minimum atomic E-state index is 0.501. The number of hydrogen-bond acceptors (Lipinski definition) is 4. The van der Waals surface area contributed by atoms with Gasteiger partial charge in [0, 0.05) is 22.1 Å². The van der Waals surface area contributed by atoms with Gasteiger partial charge in [0.05, 0.1) is 34.9 Å². The van der Waals surface area contributed by atoms with Crippen molar-refractivity contribution in [2.75, 3.05) is 0 Å². The van der Waals surface area contributed by atoms with Crippen LogP contribution in [0.25, 0.3) is 66.5 Å². The summed E-state index contributed by atoms with van der Waals surface area (Å²) in [5.41, 5.74) is 6.28. The highest BCUT2D eigenvalue weighted by Gasteiger charge is 2.20. The SMILES string of the molecule is [C-]#[N+]c1ccc2c(c1)c1ccccc1n2-c1cc(C#N)ccc1-c1nc(-c2ccccc2)nc(-c2ccccc2)n1. The van der Waals surface area contributed by atoms with Crippen LogP contribution in [0.1, 0.15) is 5.56 Å². The van der Waals surface area contributed by atoms with Crippen molar-refractivity contribution in [3.63, 3.8) is 0 Å². The average Bonchev–Trinajstić information content (AvgIpc) is 3.38. The Bertz CT molecular complexity index is 2110. The third kappa shape index (κ3) is 4.17. The van der Waals surface area contributed by atoms with Gasteiger partial charge in [-0.3, -0.25) is 0 Å². The maximum atomic E-state index is 9.87. The van der Waals surface area contributed by atoms with Crippen LogP contribution in [0.5, 0.6) is 0 Å². The average molecular weight is 525 g/mol. The van der Waals surface area contributed by atoms with Gasteiger partial charge in [-0.25, -0.2) is 19.8 Å². The van der Waals surface area contributed by atoms with Crippen molar-refractivity contribution in [1.82, 2.24) is 19.5 Å². The molecule has 5 aromatic carbocycles. The minimum absolute atomic E-state index is 0.501. The van der Waals surface area contributed by atoms with E-state index in [0.29, 0.717) is 28.7 Å². The van der Waals surface area contributed by atoms with Gasteiger partial charge in [0.25, 0.3) is 0 Å². The zero-order chi connectivity index (χ0) is 27.8. The number of benzene rings is 5. The summed E-state index contributed by atoms with van der Waals surface area (Å²) in [6.45, 7) is 7.54. The molecule has 2 aromatic heterocycles.